The van der Waals surface area contributed by atoms with Crippen molar-refractivity contribution in [1.82, 2.24) is 36.8 Å². The Balaban J connectivity index is 1.86. The minimum absolute atomic E-state index is 0.0486. The van der Waals surface area contributed by atoms with Crippen LogP contribution in [0.5, 0.6) is 0 Å². The van der Waals surface area contributed by atoms with Crippen LogP contribution < -0.4 is 43.4 Å². The van der Waals surface area contributed by atoms with Crippen LogP contribution in [-0.4, -0.2) is 149 Å². The molecule has 75 heavy (non-hydrogen) atoms. The van der Waals surface area contributed by atoms with Gasteiger partial charge in [-0.15, -0.1) is 11.8 Å². The lowest BCUT2D eigenvalue weighted by Gasteiger charge is -2.29. The van der Waals surface area contributed by atoms with Crippen molar-refractivity contribution >= 4 is 82.8 Å². The highest BCUT2D eigenvalue weighted by atomic mass is 32.2. The Morgan fingerprint density at radius 1 is 0.667 bits per heavy atom. The second kappa shape index (κ2) is 32.2. The summed E-state index contributed by atoms with van der Waals surface area (Å²) in [5.74, 6) is -5.22. The van der Waals surface area contributed by atoms with E-state index >= 15 is 0 Å². The summed E-state index contributed by atoms with van der Waals surface area (Å²) in [7, 11) is 1.27. The first-order valence-electron chi connectivity index (χ1n) is 25.1. The van der Waals surface area contributed by atoms with Crippen molar-refractivity contribution < 1.29 is 57.4 Å². The van der Waals surface area contributed by atoms with Gasteiger partial charge in [0, 0.05) is 44.5 Å². The Kier molecular flexibility index (Phi) is 27.0. The Morgan fingerprint density at radius 3 is 1.65 bits per heavy atom. The summed E-state index contributed by atoms with van der Waals surface area (Å²) in [4.78, 5) is 135. The lowest BCUT2D eigenvalue weighted by Crippen LogP contribution is -2.59. The summed E-state index contributed by atoms with van der Waals surface area (Å²) in [5, 5.41) is 15.8. The molecule has 23 heteroatoms. The van der Waals surface area contributed by atoms with Crippen LogP contribution in [0.3, 0.4) is 0 Å². The van der Waals surface area contributed by atoms with E-state index in [1.165, 1.54) is 35.5 Å². The first kappa shape index (κ1) is 62.9. The van der Waals surface area contributed by atoms with E-state index in [0.717, 1.165) is 0 Å². The molecule has 21 nitrogen and oxygen atoms in total. The SMILES string of the molecule is COC(=O)[C@@H](CCSC)NC(=O)C(CC(C)C)SCCNC(=O)[C@H](Cc1ccccc1)NC(=O)[C@@H](Cc1ccccc1)NC(=O)[C@H](CCC(N)=O)NC(=O)[C@H](CCC(N)=O)NC(=O)[C@@H]1CCCN1C(=O)OC(C)(C)C. The first-order chi connectivity index (χ1) is 35.5. The number of hydrogen-bond donors (Lipinski definition) is 8. The minimum Gasteiger partial charge on any atom is -0.467 e. The zero-order valence-electron chi connectivity index (χ0n) is 44.1. The van der Waals surface area contributed by atoms with E-state index in [0.29, 0.717) is 41.9 Å². The number of carbonyl (C=O) groups is 10. The standard InChI is InChI=1S/C52H77N9O12S2/c1-32(2)29-41(49(69)58-37(24-27-74-7)50(70)72-6)75-28-25-55-44(64)38(30-33-15-10-8-11-16-33)59-47(67)39(31-34-17-12-9-13-18-34)60-46(66)35(20-22-42(53)62)56-45(65)36(21-23-43(54)63)57-48(68)40-19-14-26-61(40)51(71)73-52(3,4)5/h8-13,15-18,32,35-41H,14,19-31H2,1-7H3,(H2,53,62)(H2,54,63)(H,55,64)(H,56,65)(H,57,68)(H,58,69)(H,59,67)(H,60,66)/t35-,36-,37+,38-,39+,40-,41?/m0/s1. The normalized spacial score (nSPS) is 15.7. The van der Waals surface area contributed by atoms with Crippen molar-refractivity contribution in [1.29, 1.82) is 0 Å². The number of thioether (sulfide) groups is 2. The molecular formula is C52H77N9O12S2. The van der Waals surface area contributed by atoms with Gasteiger partial charge in [0.1, 0.15) is 41.9 Å². The molecule has 2 aromatic rings. The molecule has 1 heterocycles. The fourth-order valence-electron chi connectivity index (χ4n) is 7.96. The second-order valence-electron chi connectivity index (χ2n) is 19.6. The van der Waals surface area contributed by atoms with Crippen LogP contribution in [-0.2, 0) is 65.5 Å². The van der Waals surface area contributed by atoms with Gasteiger partial charge in [0.15, 0.2) is 0 Å². The van der Waals surface area contributed by atoms with Crippen molar-refractivity contribution in [2.24, 2.45) is 17.4 Å². The first-order valence-corrected chi connectivity index (χ1v) is 27.6. The number of hydrogen-bond acceptors (Lipinski definition) is 14. The van der Waals surface area contributed by atoms with E-state index in [1.54, 1.807) is 81.4 Å². The molecule has 0 saturated carbocycles. The average molecular weight is 1080 g/mol. The summed E-state index contributed by atoms with van der Waals surface area (Å²) in [6.45, 7) is 9.32. The maximum Gasteiger partial charge on any atom is 0.410 e. The monoisotopic (exact) mass is 1080 g/mol. The maximum atomic E-state index is 14.5. The van der Waals surface area contributed by atoms with Crippen LogP contribution >= 0.6 is 23.5 Å². The van der Waals surface area contributed by atoms with Gasteiger partial charge in [-0.3, -0.25) is 43.3 Å². The molecule has 9 amide bonds. The van der Waals surface area contributed by atoms with E-state index in [4.69, 9.17) is 20.9 Å². The lowest BCUT2D eigenvalue weighted by molar-refractivity contribution is -0.145. The fourth-order valence-corrected chi connectivity index (χ4v) is 9.68. The smallest absolute Gasteiger partial charge is 0.410 e. The number of amides is 9. The van der Waals surface area contributed by atoms with E-state index in [-0.39, 0.29) is 69.9 Å². The third-order valence-electron chi connectivity index (χ3n) is 11.8. The quantitative estimate of drug-likeness (QED) is 0.0396. The van der Waals surface area contributed by atoms with E-state index < -0.39 is 101 Å². The molecule has 0 radical (unpaired) electrons. The number of nitrogens with one attached hydrogen (secondary N) is 6. The van der Waals surface area contributed by atoms with Gasteiger partial charge in [-0.1, -0.05) is 74.5 Å². The molecule has 7 atom stereocenters. The largest absolute Gasteiger partial charge is 0.467 e. The minimum atomic E-state index is -1.52. The van der Waals surface area contributed by atoms with Crippen molar-refractivity contribution in [3.63, 3.8) is 0 Å². The lowest BCUT2D eigenvalue weighted by atomic mass is 10.0. The fraction of sp³-hybridized carbons (Fsp3) is 0.577. The third-order valence-corrected chi connectivity index (χ3v) is 13.6. The summed E-state index contributed by atoms with van der Waals surface area (Å²) < 4.78 is 10.4. The highest BCUT2D eigenvalue weighted by Crippen LogP contribution is 2.23. The highest BCUT2D eigenvalue weighted by Gasteiger charge is 2.39. The van der Waals surface area contributed by atoms with E-state index in [1.807, 2.05) is 20.1 Å². The molecular weight excluding hydrogens is 1010 g/mol. The summed E-state index contributed by atoms with van der Waals surface area (Å²) in [6.07, 6.45) is 1.42. The van der Waals surface area contributed by atoms with Gasteiger partial charge in [0.2, 0.25) is 47.3 Å². The molecule has 1 aliphatic heterocycles. The number of methoxy groups -OCH3 is 1. The third kappa shape index (κ3) is 23.4. The molecule has 1 unspecified atom stereocenters. The zero-order valence-corrected chi connectivity index (χ0v) is 45.7. The van der Waals surface area contributed by atoms with Gasteiger partial charge in [-0.2, -0.15) is 11.8 Å². The Bertz CT molecular complexity index is 2240. The predicted octanol–water partition coefficient (Wildman–Crippen LogP) is 2.02. The van der Waals surface area contributed by atoms with Crippen LogP contribution in [0.15, 0.2) is 60.7 Å². The van der Waals surface area contributed by atoms with Crippen LogP contribution in [0.1, 0.15) is 97.1 Å². The van der Waals surface area contributed by atoms with Gasteiger partial charge in [-0.25, -0.2) is 9.59 Å². The number of nitrogens with two attached hydrogens (primary N) is 2. The molecule has 0 bridgehead atoms. The van der Waals surface area contributed by atoms with Crippen LogP contribution in [0.2, 0.25) is 0 Å². The topological polar surface area (TPSA) is 317 Å². The number of carbonyl (C=O) groups excluding carboxylic acids is 10. The zero-order chi connectivity index (χ0) is 55.7. The Hall–Kier alpha value is -6.36. The molecule has 10 N–H and O–H groups in total. The molecule has 1 fully saturated rings. The van der Waals surface area contributed by atoms with E-state index in [2.05, 4.69) is 31.9 Å². The molecule has 414 valence electrons. The molecule has 1 aliphatic rings. The molecule has 0 spiro atoms. The number of esters is 1. The Labute approximate surface area is 448 Å². The van der Waals surface area contributed by atoms with Crippen LogP contribution in [0, 0.1) is 5.92 Å². The highest BCUT2D eigenvalue weighted by molar-refractivity contribution is 8.00. The number of nitrogens with zero attached hydrogens (tertiary/aromatic N) is 1. The van der Waals surface area contributed by atoms with Gasteiger partial charge < -0.3 is 52.8 Å². The summed E-state index contributed by atoms with van der Waals surface area (Å²) >= 11 is 2.86. The summed E-state index contributed by atoms with van der Waals surface area (Å²) in [6, 6.07) is 10.4. The number of rotatable bonds is 31. The van der Waals surface area contributed by atoms with Gasteiger partial charge in [0.25, 0.3) is 0 Å². The number of primary amides is 2. The van der Waals surface area contributed by atoms with Gasteiger partial charge in [0.05, 0.1) is 12.4 Å². The number of likely N-dealkylation sites (tertiary alicyclic amines) is 1. The molecule has 1 saturated heterocycles. The van der Waals surface area contributed by atoms with Crippen molar-refractivity contribution in [2.75, 3.05) is 38.0 Å². The molecule has 3 rings (SSSR count). The Morgan fingerprint density at radius 2 is 1.16 bits per heavy atom. The van der Waals surface area contributed by atoms with Gasteiger partial charge in [-0.05, 0) is 88.3 Å². The van der Waals surface area contributed by atoms with E-state index in [9.17, 15) is 47.9 Å². The predicted molar refractivity (Wildman–Crippen MR) is 286 cm³/mol. The summed E-state index contributed by atoms with van der Waals surface area (Å²) in [5.41, 5.74) is 11.4. The van der Waals surface area contributed by atoms with Crippen LogP contribution in [0.25, 0.3) is 0 Å². The number of ether oxygens (including phenoxy) is 2. The molecule has 2 aromatic carbocycles. The van der Waals surface area contributed by atoms with Gasteiger partial charge >= 0.3 is 12.1 Å². The van der Waals surface area contributed by atoms with Crippen LogP contribution in [0.4, 0.5) is 4.79 Å². The number of benzene rings is 2. The second-order valence-corrected chi connectivity index (χ2v) is 21.9. The van der Waals surface area contributed by atoms with Crippen molar-refractivity contribution in [3.8, 4) is 0 Å². The molecule has 0 aromatic heterocycles. The average Bonchev–Trinajstić information content (AvgIpc) is 3.86. The van der Waals surface area contributed by atoms with Crippen molar-refractivity contribution in [3.05, 3.63) is 71.8 Å². The van der Waals surface area contributed by atoms with Crippen molar-refractivity contribution in [2.45, 2.75) is 146 Å². The molecule has 0 aliphatic carbocycles. The maximum absolute atomic E-state index is 14.5.